The van der Waals surface area contributed by atoms with Crippen molar-refractivity contribution < 1.29 is 13.2 Å². The van der Waals surface area contributed by atoms with Gasteiger partial charge < -0.3 is 20.0 Å². The minimum Gasteiger partial charge on any atom is -0.368 e. The molecule has 1 aliphatic heterocycles. The van der Waals surface area contributed by atoms with E-state index in [9.17, 15) is 13.2 Å². The normalized spacial score (nSPS) is 15.8. The fourth-order valence-electron chi connectivity index (χ4n) is 2.54. The molecular weight excluding hydrogens is 337 g/mol. The molecule has 0 saturated carbocycles. The zero-order chi connectivity index (χ0) is 17.7. The number of likely N-dealkylation sites (N-methyl/N-ethyl adjacent to an activating group) is 1. The van der Waals surface area contributed by atoms with Crippen molar-refractivity contribution in [2.24, 2.45) is 0 Å². The molecule has 1 heterocycles. The molecule has 0 amide bonds. The van der Waals surface area contributed by atoms with Crippen LogP contribution in [0.5, 0.6) is 0 Å². The van der Waals surface area contributed by atoms with E-state index in [1.165, 1.54) is 12.1 Å². The third kappa shape index (κ3) is 5.24. The van der Waals surface area contributed by atoms with E-state index in [4.69, 9.17) is 12.2 Å². The van der Waals surface area contributed by atoms with Gasteiger partial charge in [-0.05, 0) is 44.5 Å². The Kier molecular flexibility index (Phi) is 6.28. The standard InChI is InChI=1S/C16H23F3N4S/c1-21(2)7-6-20-15(24)23-10-8-22(9-11-23)14-5-3-4-13(12-14)16(17,18)19/h3-5,12H,6-11H2,1-2H3,(H,20,24). The lowest BCUT2D eigenvalue weighted by atomic mass is 10.1. The molecular formula is C16H23F3N4S. The second kappa shape index (κ2) is 8.02. The van der Waals surface area contributed by atoms with E-state index in [0.29, 0.717) is 37.0 Å². The van der Waals surface area contributed by atoms with Gasteiger partial charge in [0, 0.05) is 45.0 Å². The van der Waals surface area contributed by atoms with Gasteiger partial charge in [-0.25, -0.2) is 0 Å². The summed E-state index contributed by atoms with van der Waals surface area (Å²) in [4.78, 5) is 6.10. The molecule has 0 radical (unpaired) electrons. The molecule has 2 rings (SSSR count). The maximum atomic E-state index is 12.8. The summed E-state index contributed by atoms with van der Waals surface area (Å²) in [6.07, 6.45) is -4.31. The summed E-state index contributed by atoms with van der Waals surface area (Å²) in [7, 11) is 4.00. The SMILES string of the molecule is CN(C)CCNC(=S)N1CCN(c2cccc(C(F)(F)F)c2)CC1. The van der Waals surface area contributed by atoms with Gasteiger partial charge >= 0.3 is 6.18 Å². The van der Waals surface area contributed by atoms with Gasteiger partial charge in [-0.3, -0.25) is 0 Å². The molecule has 4 nitrogen and oxygen atoms in total. The Morgan fingerprint density at radius 1 is 1.21 bits per heavy atom. The minimum absolute atomic E-state index is 0.607. The van der Waals surface area contributed by atoms with E-state index < -0.39 is 11.7 Å². The first-order valence-corrected chi connectivity index (χ1v) is 8.28. The average molecular weight is 360 g/mol. The summed E-state index contributed by atoms with van der Waals surface area (Å²) in [6, 6.07) is 5.49. The van der Waals surface area contributed by atoms with Crippen LogP contribution in [0.1, 0.15) is 5.56 Å². The summed E-state index contributed by atoms with van der Waals surface area (Å²) < 4.78 is 38.5. The Hall–Kier alpha value is -1.54. The molecule has 1 N–H and O–H groups in total. The first kappa shape index (κ1) is 18.8. The Labute approximate surface area is 146 Å². The molecule has 0 unspecified atom stereocenters. The van der Waals surface area contributed by atoms with Gasteiger partial charge in [0.2, 0.25) is 0 Å². The van der Waals surface area contributed by atoms with E-state index in [1.54, 1.807) is 6.07 Å². The summed E-state index contributed by atoms with van der Waals surface area (Å²) in [6.45, 7) is 4.37. The highest BCUT2D eigenvalue weighted by Gasteiger charge is 2.31. The molecule has 134 valence electrons. The van der Waals surface area contributed by atoms with Gasteiger partial charge in [-0.2, -0.15) is 13.2 Å². The van der Waals surface area contributed by atoms with Gasteiger partial charge in [0.25, 0.3) is 0 Å². The molecule has 1 fully saturated rings. The lowest BCUT2D eigenvalue weighted by molar-refractivity contribution is -0.137. The second-order valence-corrected chi connectivity index (χ2v) is 6.44. The molecule has 1 aromatic carbocycles. The molecule has 1 aromatic rings. The van der Waals surface area contributed by atoms with Crippen molar-refractivity contribution in [3.8, 4) is 0 Å². The van der Waals surface area contributed by atoms with Crippen LogP contribution in [0.2, 0.25) is 0 Å². The maximum absolute atomic E-state index is 12.8. The number of hydrogen-bond acceptors (Lipinski definition) is 3. The Balaban J connectivity index is 1.87. The van der Waals surface area contributed by atoms with Crippen molar-refractivity contribution in [3.05, 3.63) is 29.8 Å². The Bertz CT molecular complexity index is 554. The molecule has 0 spiro atoms. The number of thiocarbonyl (C=S) groups is 1. The third-order valence-electron chi connectivity index (χ3n) is 3.94. The van der Waals surface area contributed by atoms with Crippen LogP contribution in [0.25, 0.3) is 0 Å². The fraction of sp³-hybridized carbons (Fsp3) is 0.562. The van der Waals surface area contributed by atoms with Crippen molar-refractivity contribution in [3.63, 3.8) is 0 Å². The highest BCUT2D eigenvalue weighted by Crippen LogP contribution is 2.31. The van der Waals surface area contributed by atoms with Gasteiger partial charge in [-0.1, -0.05) is 6.07 Å². The maximum Gasteiger partial charge on any atom is 0.416 e. The third-order valence-corrected chi connectivity index (χ3v) is 4.34. The predicted octanol–water partition coefficient (Wildman–Crippen LogP) is 2.26. The van der Waals surface area contributed by atoms with Gasteiger partial charge in [0.05, 0.1) is 5.56 Å². The van der Waals surface area contributed by atoms with Gasteiger partial charge in [0.15, 0.2) is 5.11 Å². The topological polar surface area (TPSA) is 21.8 Å². The number of halogens is 3. The Morgan fingerprint density at radius 2 is 1.88 bits per heavy atom. The first-order valence-electron chi connectivity index (χ1n) is 7.87. The molecule has 0 atom stereocenters. The van der Waals surface area contributed by atoms with E-state index >= 15 is 0 Å². The van der Waals surface area contributed by atoms with Crippen molar-refractivity contribution in [2.75, 3.05) is 58.3 Å². The van der Waals surface area contributed by atoms with Crippen molar-refractivity contribution in [1.82, 2.24) is 15.1 Å². The summed E-state index contributed by atoms with van der Waals surface area (Å²) >= 11 is 5.38. The number of rotatable bonds is 4. The molecule has 0 aliphatic carbocycles. The summed E-state index contributed by atoms with van der Waals surface area (Å²) in [5.41, 5.74) is -0.000683. The summed E-state index contributed by atoms with van der Waals surface area (Å²) in [5, 5.41) is 3.92. The lowest BCUT2D eigenvalue weighted by Crippen LogP contribution is -2.52. The van der Waals surface area contributed by atoms with Crippen LogP contribution in [-0.4, -0.2) is 68.3 Å². The van der Waals surface area contributed by atoms with Crippen molar-refractivity contribution in [2.45, 2.75) is 6.18 Å². The quantitative estimate of drug-likeness (QED) is 0.830. The van der Waals surface area contributed by atoms with E-state index in [0.717, 1.165) is 19.2 Å². The molecule has 8 heteroatoms. The number of nitrogens with zero attached hydrogens (tertiary/aromatic N) is 3. The number of anilines is 1. The summed E-state index contributed by atoms with van der Waals surface area (Å²) in [5.74, 6) is 0. The monoisotopic (exact) mass is 360 g/mol. The van der Waals surface area contributed by atoms with E-state index in [2.05, 4.69) is 15.1 Å². The highest BCUT2D eigenvalue weighted by molar-refractivity contribution is 7.80. The molecule has 0 aromatic heterocycles. The van der Waals surface area contributed by atoms with Gasteiger partial charge in [0.1, 0.15) is 0 Å². The second-order valence-electron chi connectivity index (χ2n) is 6.06. The van der Waals surface area contributed by atoms with Crippen molar-refractivity contribution in [1.29, 1.82) is 0 Å². The highest BCUT2D eigenvalue weighted by atomic mass is 32.1. The van der Waals surface area contributed by atoms with Crippen LogP contribution in [-0.2, 0) is 6.18 Å². The number of hydrogen-bond donors (Lipinski definition) is 1. The van der Waals surface area contributed by atoms with Crippen LogP contribution in [0.3, 0.4) is 0 Å². The van der Waals surface area contributed by atoms with Crippen molar-refractivity contribution >= 4 is 23.0 Å². The van der Waals surface area contributed by atoms with Crippen LogP contribution in [0, 0.1) is 0 Å². The van der Waals surface area contributed by atoms with Crippen LogP contribution < -0.4 is 10.2 Å². The molecule has 0 bridgehead atoms. The predicted molar refractivity (Wildman–Crippen MR) is 94.4 cm³/mol. The number of piperazine rings is 1. The minimum atomic E-state index is -4.31. The van der Waals surface area contributed by atoms with E-state index in [-0.39, 0.29) is 0 Å². The van der Waals surface area contributed by atoms with Gasteiger partial charge in [-0.15, -0.1) is 0 Å². The lowest BCUT2D eigenvalue weighted by Gasteiger charge is -2.37. The number of benzene rings is 1. The Morgan fingerprint density at radius 3 is 2.46 bits per heavy atom. The zero-order valence-electron chi connectivity index (χ0n) is 13.9. The van der Waals surface area contributed by atoms with E-state index in [1.807, 2.05) is 19.0 Å². The molecule has 1 aliphatic rings. The number of nitrogens with one attached hydrogen (secondary N) is 1. The molecule has 1 saturated heterocycles. The number of alkyl halides is 3. The van der Waals surface area contributed by atoms with Crippen LogP contribution in [0.15, 0.2) is 24.3 Å². The zero-order valence-corrected chi connectivity index (χ0v) is 14.8. The largest absolute Gasteiger partial charge is 0.416 e. The first-order chi connectivity index (χ1) is 11.3. The average Bonchev–Trinajstić information content (AvgIpc) is 2.54. The smallest absolute Gasteiger partial charge is 0.368 e. The van der Waals surface area contributed by atoms with Crippen LogP contribution in [0.4, 0.5) is 18.9 Å². The fourth-order valence-corrected chi connectivity index (χ4v) is 2.83. The van der Waals surface area contributed by atoms with Crippen LogP contribution >= 0.6 is 12.2 Å². The molecule has 24 heavy (non-hydrogen) atoms.